The quantitative estimate of drug-likeness (QED) is 0.880. The molecule has 90 valence electrons. The number of hydrogen-bond donors (Lipinski definition) is 1. The number of fused-ring (bicyclic) bond motifs is 1. The first-order valence-electron chi connectivity index (χ1n) is 6.44. The van der Waals surface area contributed by atoms with Crippen LogP contribution in [0.2, 0.25) is 0 Å². The summed E-state index contributed by atoms with van der Waals surface area (Å²) < 4.78 is 1.97. The Hall–Kier alpha value is -1.35. The molecule has 0 spiro atoms. The van der Waals surface area contributed by atoms with Crippen molar-refractivity contribution < 1.29 is 5.11 Å². The number of aromatic nitrogens is 2. The molecule has 3 nitrogen and oxygen atoms in total. The van der Waals surface area contributed by atoms with Gasteiger partial charge >= 0.3 is 0 Å². The van der Waals surface area contributed by atoms with Gasteiger partial charge < -0.3 is 9.51 Å². The minimum Gasteiger partial charge on any atom is -0.387 e. The first-order valence-corrected chi connectivity index (χ1v) is 6.44. The van der Waals surface area contributed by atoms with Crippen LogP contribution in [0.5, 0.6) is 0 Å². The molecule has 0 bridgehead atoms. The highest BCUT2D eigenvalue weighted by Gasteiger charge is 2.21. The Balaban J connectivity index is 1.77. The second kappa shape index (κ2) is 4.49. The van der Waals surface area contributed by atoms with Gasteiger partial charge in [-0.05, 0) is 24.5 Å². The van der Waals surface area contributed by atoms with E-state index in [1.165, 1.54) is 25.7 Å². The molecule has 2 heterocycles. The van der Waals surface area contributed by atoms with Crippen LogP contribution in [0.4, 0.5) is 0 Å². The van der Waals surface area contributed by atoms with Gasteiger partial charge in [0.1, 0.15) is 5.65 Å². The molecule has 1 N–H and O–H groups in total. The third-order valence-electron chi connectivity index (χ3n) is 3.76. The monoisotopic (exact) mass is 230 g/mol. The van der Waals surface area contributed by atoms with Gasteiger partial charge in [-0.2, -0.15) is 0 Å². The number of imidazole rings is 1. The average Bonchev–Trinajstić information content (AvgIpc) is 2.96. The highest BCUT2D eigenvalue weighted by Crippen LogP contribution is 2.32. The van der Waals surface area contributed by atoms with Crippen molar-refractivity contribution >= 4 is 5.65 Å². The number of aliphatic hydroxyl groups is 1. The third kappa shape index (κ3) is 2.20. The molecule has 1 saturated carbocycles. The number of pyridine rings is 1. The van der Waals surface area contributed by atoms with Crippen LogP contribution in [-0.2, 0) is 0 Å². The lowest BCUT2D eigenvalue weighted by Crippen LogP contribution is -2.04. The van der Waals surface area contributed by atoms with Crippen LogP contribution < -0.4 is 0 Å². The molecule has 1 atom stereocenters. The lowest BCUT2D eigenvalue weighted by molar-refractivity contribution is 0.141. The normalized spacial score (nSPS) is 18.9. The Labute approximate surface area is 101 Å². The molecule has 1 aliphatic carbocycles. The van der Waals surface area contributed by atoms with Crippen LogP contribution in [0.15, 0.2) is 30.6 Å². The molecule has 2 aromatic rings. The van der Waals surface area contributed by atoms with Gasteiger partial charge in [-0.3, -0.25) is 0 Å². The second-order valence-corrected chi connectivity index (χ2v) is 5.03. The van der Waals surface area contributed by atoms with Crippen molar-refractivity contribution in [1.29, 1.82) is 0 Å². The van der Waals surface area contributed by atoms with E-state index in [1.54, 1.807) is 0 Å². The molecular formula is C14H18N2O. The summed E-state index contributed by atoms with van der Waals surface area (Å²) in [5.74, 6) is 0.690. The standard InChI is InChI=1S/C14H18N2O/c17-13(9-11-5-1-2-6-11)12-10-16-8-4-3-7-14(16)15-12/h3-4,7-8,10-11,13,17H,1-2,5-6,9H2. The predicted octanol–water partition coefficient (Wildman–Crippen LogP) is 2.95. The minimum atomic E-state index is -0.405. The first-order chi connectivity index (χ1) is 8.33. The fourth-order valence-electron chi connectivity index (χ4n) is 2.80. The summed E-state index contributed by atoms with van der Waals surface area (Å²) >= 11 is 0. The Morgan fingerprint density at radius 2 is 2.18 bits per heavy atom. The number of aliphatic hydroxyl groups excluding tert-OH is 1. The van der Waals surface area contributed by atoms with Gasteiger partial charge in [0.15, 0.2) is 0 Å². The van der Waals surface area contributed by atoms with Crippen LogP contribution in [-0.4, -0.2) is 14.5 Å². The van der Waals surface area contributed by atoms with E-state index in [2.05, 4.69) is 4.98 Å². The van der Waals surface area contributed by atoms with Crippen molar-refractivity contribution in [1.82, 2.24) is 9.38 Å². The lowest BCUT2D eigenvalue weighted by Gasteiger charge is -2.12. The predicted molar refractivity (Wildman–Crippen MR) is 66.7 cm³/mol. The zero-order valence-corrected chi connectivity index (χ0v) is 9.92. The minimum absolute atomic E-state index is 0.405. The highest BCUT2D eigenvalue weighted by molar-refractivity contribution is 5.39. The molecule has 1 fully saturated rings. The Kier molecular flexibility index (Phi) is 2.85. The van der Waals surface area contributed by atoms with Gasteiger partial charge in [-0.15, -0.1) is 0 Å². The van der Waals surface area contributed by atoms with E-state index in [0.717, 1.165) is 17.8 Å². The van der Waals surface area contributed by atoms with Crippen LogP contribution in [0.1, 0.15) is 43.9 Å². The summed E-state index contributed by atoms with van der Waals surface area (Å²) in [6.45, 7) is 0. The van der Waals surface area contributed by atoms with Gasteiger partial charge in [0.25, 0.3) is 0 Å². The zero-order chi connectivity index (χ0) is 11.7. The Morgan fingerprint density at radius 1 is 1.35 bits per heavy atom. The molecule has 17 heavy (non-hydrogen) atoms. The number of nitrogens with zero attached hydrogens (tertiary/aromatic N) is 2. The maximum Gasteiger partial charge on any atom is 0.137 e. The number of rotatable bonds is 3. The molecule has 3 rings (SSSR count). The molecule has 3 heteroatoms. The summed E-state index contributed by atoms with van der Waals surface area (Å²) in [6, 6.07) is 5.91. The van der Waals surface area contributed by atoms with Crippen molar-refractivity contribution in [2.45, 2.75) is 38.2 Å². The third-order valence-corrected chi connectivity index (χ3v) is 3.76. The van der Waals surface area contributed by atoms with Gasteiger partial charge in [0.05, 0.1) is 11.8 Å². The van der Waals surface area contributed by atoms with Crippen LogP contribution >= 0.6 is 0 Å². The molecule has 0 aromatic carbocycles. The Morgan fingerprint density at radius 3 is 2.94 bits per heavy atom. The van der Waals surface area contributed by atoms with Crippen molar-refractivity contribution in [2.24, 2.45) is 5.92 Å². The van der Waals surface area contributed by atoms with Crippen molar-refractivity contribution in [2.75, 3.05) is 0 Å². The van der Waals surface area contributed by atoms with E-state index in [-0.39, 0.29) is 0 Å². The maximum absolute atomic E-state index is 10.2. The molecule has 0 amide bonds. The van der Waals surface area contributed by atoms with Crippen LogP contribution in [0, 0.1) is 5.92 Å². The van der Waals surface area contributed by atoms with E-state index in [1.807, 2.05) is 35.0 Å². The summed E-state index contributed by atoms with van der Waals surface area (Å²) in [6.07, 6.45) is 9.55. The topological polar surface area (TPSA) is 37.5 Å². The highest BCUT2D eigenvalue weighted by atomic mass is 16.3. The van der Waals surface area contributed by atoms with Crippen molar-refractivity contribution in [3.63, 3.8) is 0 Å². The van der Waals surface area contributed by atoms with E-state index < -0.39 is 6.10 Å². The van der Waals surface area contributed by atoms with E-state index in [0.29, 0.717) is 5.92 Å². The SMILES string of the molecule is OC(CC1CCCC1)c1cn2ccccc2n1. The van der Waals surface area contributed by atoms with E-state index in [9.17, 15) is 5.11 Å². The molecule has 1 unspecified atom stereocenters. The van der Waals surface area contributed by atoms with E-state index >= 15 is 0 Å². The number of hydrogen-bond acceptors (Lipinski definition) is 2. The summed E-state index contributed by atoms with van der Waals surface area (Å²) in [5, 5.41) is 10.2. The average molecular weight is 230 g/mol. The van der Waals surface area contributed by atoms with Gasteiger partial charge in [0, 0.05) is 12.4 Å². The Bertz CT molecular complexity index is 467. The van der Waals surface area contributed by atoms with Crippen molar-refractivity contribution in [3.8, 4) is 0 Å². The molecule has 0 saturated heterocycles. The van der Waals surface area contributed by atoms with Gasteiger partial charge in [-0.1, -0.05) is 31.7 Å². The van der Waals surface area contributed by atoms with Gasteiger partial charge in [-0.25, -0.2) is 4.98 Å². The summed E-state index contributed by atoms with van der Waals surface area (Å²) in [4.78, 5) is 4.47. The van der Waals surface area contributed by atoms with E-state index in [4.69, 9.17) is 0 Å². The zero-order valence-electron chi connectivity index (χ0n) is 9.92. The largest absolute Gasteiger partial charge is 0.387 e. The summed E-state index contributed by atoms with van der Waals surface area (Å²) in [7, 11) is 0. The lowest BCUT2D eigenvalue weighted by atomic mass is 9.99. The second-order valence-electron chi connectivity index (χ2n) is 5.03. The summed E-state index contributed by atoms with van der Waals surface area (Å²) in [5.41, 5.74) is 1.72. The molecule has 2 aromatic heterocycles. The molecule has 0 radical (unpaired) electrons. The van der Waals surface area contributed by atoms with Gasteiger partial charge in [0.2, 0.25) is 0 Å². The fraction of sp³-hybridized carbons (Fsp3) is 0.500. The van der Waals surface area contributed by atoms with Crippen LogP contribution in [0.25, 0.3) is 5.65 Å². The van der Waals surface area contributed by atoms with Crippen LogP contribution in [0.3, 0.4) is 0 Å². The molecule has 1 aliphatic rings. The maximum atomic E-state index is 10.2. The fourth-order valence-corrected chi connectivity index (χ4v) is 2.80. The molecular weight excluding hydrogens is 212 g/mol. The first kappa shape index (κ1) is 10.8. The smallest absolute Gasteiger partial charge is 0.137 e. The van der Waals surface area contributed by atoms with Crippen molar-refractivity contribution in [3.05, 3.63) is 36.3 Å². The molecule has 0 aliphatic heterocycles.